The highest BCUT2D eigenvalue weighted by molar-refractivity contribution is 6.30. The summed E-state index contributed by atoms with van der Waals surface area (Å²) in [6.07, 6.45) is 9.67. The average Bonchev–Trinajstić information content (AvgIpc) is 2.71. The van der Waals surface area contributed by atoms with E-state index in [-0.39, 0.29) is 6.10 Å². The Morgan fingerprint density at radius 1 is 1.03 bits per heavy atom. The van der Waals surface area contributed by atoms with E-state index in [0.717, 1.165) is 55.6 Å². The van der Waals surface area contributed by atoms with Gasteiger partial charge in [0.15, 0.2) is 0 Å². The first-order chi connectivity index (χ1) is 14.6. The number of rotatable bonds is 8. The molecule has 166 valence electrons. The number of β-amino-alcohol motifs (C(OH)–C–C–N with tert-alkyl or cyclic N) is 1. The van der Waals surface area contributed by atoms with E-state index in [9.17, 15) is 5.11 Å². The van der Waals surface area contributed by atoms with Crippen molar-refractivity contribution in [3.05, 3.63) is 29.3 Å². The third-order valence-corrected chi connectivity index (χ3v) is 8.50. The fraction of sp³-hybridized carbons (Fsp3) is 0.760. The van der Waals surface area contributed by atoms with Gasteiger partial charge < -0.3 is 14.7 Å². The second kappa shape index (κ2) is 8.97. The lowest BCUT2D eigenvalue weighted by atomic mass is 9.49. The molecule has 30 heavy (non-hydrogen) atoms. The lowest BCUT2D eigenvalue weighted by Gasteiger charge is -2.57. The molecule has 1 N–H and O–H groups in total. The number of ether oxygens (including phenoxy) is 1. The van der Waals surface area contributed by atoms with Crippen molar-refractivity contribution in [2.24, 2.45) is 23.2 Å². The molecule has 4 saturated carbocycles. The molecule has 1 aliphatic heterocycles. The van der Waals surface area contributed by atoms with Crippen LogP contribution in [0.1, 0.15) is 44.9 Å². The van der Waals surface area contributed by atoms with Crippen LogP contribution in [-0.2, 0) is 4.74 Å². The summed E-state index contributed by atoms with van der Waals surface area (Å²) in [6.45, 7) is 5.89. The third-order valence-electron chi connectivity index (χ3n) is 8.27. The zero-order valence-electron chi connectivity index (χ0n) is 18.1. The summed E-state index contributed by atoms with van der Waals surface area (Å²) in [4.78, 5) is 4.73. The fourth-order valence-corrected chi connectivity index (χ4v) is 7.50. The molecule has 5 aliphatic rings. The molecular formula is C25H37ClN2O2. The van der Waals surface area contributed by atoms with Crippen LogP contribution in [0.25, 0.3) is 0 Å². The van der Waals surface area contributed by atoms with E-state index in [1.54, 1.807) is 0 Å². The standard InChI is InChI=1S/C25H37ClN2O2/c26-22-2-1-3-23(13-22)28-7-5-27(6-8-28)17-24(29)18-30-9-4-25-14-19-10-20(15-25)12-21(11-19)16-25/h1-3,13,19-21,24,29H,4-12,14-18H2/t19?,20?,21?,24-,25?/m1/s1. The summed E-state index contributed by atoms with van der Waals surface area (Å²) in [5, 5.41) is 11.3. The molecule has 0 radical (unpaired) electrons. The molecule has 1 atom stereocenters. The first-order valence-corrected chi connectivity index (χ1v) is 12.4. The number of anilines is 1. The van der Waals surface area contributed by atoms with Crippen molar-refractivity contribution in [1.82, 2.24) is 4.90 Å². The first-order valence-electron chi connectivity index (χ1n) is 12.1. The van der Waals surface area contributed by atoms with Crippen LogP contribution >= 0.6 is 11.6 Å². The Kier molecular flexibility index (Phi) is 6.30. The molecule has 5 fully saturated rings. The van der Waals surface area contributed by atoms with E-state index < -0.39 is 0 Å². The highest BCUT2D eigenvalue weighted by atomic mass is 35.5. The fourth-order valence-electron chi connectivity index (χ4n) is 7.32. The van der Waals surface area contributed by atoms with Gasteiger partial charge in [0, 0.05) is 50.0 Å². The molecule has 4 nitrogen and oxygen atoms in total. The summed E-state index contributed by atoms with van der Waals surface area (Å²) in [7, 11) is 0. The molecule has 0 spiro atoms. The zero-order valence-corrected chi connectivity index (χ0v) is 18.9. The van der Waals surface area contributed by atoms with E-state index in [4.69, 9.17) is 16.3 Å². The Morgan fingerprint density at radius 2 is 1.70 bits per heavy atom. The van der Waals surface area contributed by atoms with Crippen LogP contribution in [0, 0.1) is 23.2 Å². The van der Waals surface area contributed by atoms with Gasteiger partial charge in [0.2, 0.25) is 0 Å². The van der Waals surface area contributed by atoms with Crippen molar-refractivity contribution in [1.29, 1.82) is 0 Å². The van der Waals surface area contributed by atoms with E-state index in [1.807, 2.05) is 18.2 Å². The molecular weight excluding hydrogens is 396 g/mol. The number of piperazine rings is 1. The molecule has 1 saturated heterocycles. The minimum Gasteiger partial charge on any atom is -0.389 e. The van der Waals surface area contributed by atoms with Gasteiger partial charge in [0.05, 0.1) is 12.7 Å². The summed E-state index contributed by atoms with van der Waals surface area (Å²) in [6, 6.07) is 8.08. The third kappa shape index (κ3) is 4.82. The maximum Gasteiger partial charge on any atom is 0.0900 e. The van der Waals surface area contributed by atoms with Gasteiger partial charge in [-0.1, -0.05) is 17.7 Å². The summed E-state index contributed by atoms with van der Waals surface area (Å²) in [5.41, 5.74) is 1.77. The summed E-state index contributed by atoms with van der Waals surface area (Å²) in [5.74, 6) is 3.02. The Bertz CT molecular complexity index is 684. The predicted molar refractivity (Wildman–Crippen MR) is 122 cm³/mol. The molecule has 0 amide bonds. The Labute approximate surface area is 186 Å². The van der Waals surface area contributed by atoms with Crippen molar-refractivity contribution in [2.45, 2.75) is 51.0 Å². The average molecular weight is 433 g/mol. The Hall–Kier alpha value is -0.810. The minimum atomic E-state index is -0.390. The van der Waals surface area contributed by atoms with Gasteiger partial charge in [-0.25, -0.2) is 0 Å². The monoisotopic (exact) mass is 432 g/mol. The van der Waals surface area contributed by atoms with E-state index in [1.165, 1.54) is 50.6 Å². The number of hydrogen-bond donors (Lipinski definition) is 1. The summed E-state index contributed by atoms with van der Waals surface area (Å²) < 4.78 is 5.98. The van der Waals surface area contributed by atoms with E-state index >= 15 is 0 Å². The highest BCUT2D eigenvalue weighted by Crippen LogP contribution is 2.61. The quantitative estimate of drug-likeness (QED) is 0.616. The number of hydrogen-bond acceptors (Lipinski definition) is 4. The van der Waals surface area contributed by atoms with Gasteiger partial charge in [0.25, 0.3) is 0 Å². The van der Waals surface area contributed by atoms with Gasteiger partial charge >= 0.3 is 0 Å². The second-order valence-electron chi connectivity index (χ2n) is 10.7. The molecule has 5 heteroatoms. The number of benzene rings is 1. The van der Waals surface area contributed by atoms with Crippen LogP contribution in [0.3, 0.4) is 0 Å². The van der Waals surface area contributed by atoms with Crippen molar-refractivity contribution < 1.29 is 9.84 Å². The topological polar surface area (TPSA) is 35.9 Å². The molecule has 0 unspecified atom stereocenters. The van der Waals surface area contributed by atoms with Crippen LogP contribution in [0.15, 0.2) is 24.3 Å². The normalized spacial score (nSPS) is 34.5. The molecule has 6 rings (SSSR count). The van der Waals surface area contributed by atoms with Crippen LogP contribution in [0.5, 0.6) is 0 Å². The van der Waals surface area contributed by atoms with Crippen molar-refractivity contribution in [3.8, 4) is 0 Å². The van der Waals surface area contributed by atoms with Gasteiger partial charge in [-0.2, -0.15) is 0 Å². The SMILES string of the molecule is O[C@@H](COCCC12CC3CC(CC(C3)C1)C2)CN1CCN(c2cccc(Cl)c2)CC1. The van der Waals surface area contributed by atoms with Gasteiger partial charge in [-0.15, -0.1) is 0 Å². The van der Waals surface area contributed by atoms with Crippen LogP contribution < -0.4 is 4.90 Å². The molecule has 4 aliphatic carbocycles. The maximum atomic E-state index is 10.5. The summed E-state index contributed by atoms with van der Waals surface area (Å²) >= 11 is 6.12. The number of aliphatic hydroxyl groups excluding tert-OH is 1. The number of aliphatic hydroxyl groups is 1. The molecule has 0 aromatic heterocycles. The van der Waals surface area contributed by atoms with E-state index in [2.05, 4.69) is 15.9 Å². The maximum absolute atomic E-state index is 10.5. The Balaban J connectivity index is 0.999. The van der Waals surface area contributed by atoms with Gasteiger partial charge in [-0.3, -0.25) is 4.90 Å². The van der Waals surface area contributed by atoms with Crippen molar-refractivity contribution in [2.75, 3.05) is 50.8 Å². The smallest absolute Gasteiger partial charge is 0.0900 e. The van der Waals surface area contributed by atoms with Gasteiger partial charge in [0.1, 0.15) is 0 Å². The van der Waals surface area contributed by atoms with Crippen LogP contribution in [-0.4, -0.2) is 62.0 Å². The predicted octanol–water partition coefficient (Wildman–Crippen LogP) is 4.45. The lowest BCUT2D eigenvalue weighted by molar-refractivity contribution is -0.0741. The first kappa shape index (κ1) is 21.1. The minimum absolute atomic E-state index is 0.390. The molecule has 1 aromatic carbocycles. The van der Waals surface area contributed by atoms with Crippen LogP contribution in [0.4, 0.5) is 5.69 Å². The number of halogens is 1. The van der Waals surface area contributed by atoms with Crippen LogP contribution in [0.2, 0.25) is 5.02 Å². The largest absolute Gasteiger partial charge is 0.389 e. The second-order valence-corrected chi connectivity index (χ2v) is 11.1. The Morgan fingerprint density at radius 3 is 2.33 bits per heavy atom. The lowest BCUT2D eigenvalue weighted by Crippen LogP contribution is -2.49. The number of nitrogens with zero attached hydrogens (tertiary/aromatic N) is 2. The van der Waals surface area contributed by atoms with Gasteiger partial charge in [-0.05, 0) is 86.3 Å². The molecule has 1 aromatic rings. The van der Waals surface area contributed by atoms with Crippen molar-refractivity contribution >= 4 is 17.3 Å². The van der Waals surface area contributed by atoms with Crippen molar-refractivity contribution in [3.63, 3.8) is 0 Å². The highest BCUT2D eigenvalue weighted by Gasteiger charge is 2.50. The zero-order chi connectivity index (χ0) is 20.6. The molecule has 4 bridgehead atoms. The van der Waals surface area contributed by atoms with E-state index in [0.29, 0.717) is 18.6 Å². The molecule has 1 heterocycles.